The third kappa shape index (κ3) is 2.58. The number of hydrogen-bond acceptors (Lipinski definition) is 3. The van der Waals surface area contributed by atoms with Gasteiger partial charge in [-0.25, -0.2) is 8.78 Å². The quantitative estimate of drug-likeness (QED) is 0.708. The van der Waals surface area contributed by atoms with Crippen LogP contribution in [0.3, 0.4) is 0 Å². The lowest BCUT2D eigenvalue weighted by Crippen LogP contribution is -2.45. The van der Waals surface area contributed by atoms with Crippen molar-refractivity contribution in [3.8, 4) is 5.75 Å². The summed E-state index contributed by atoms with van der Waals surface area (Å²) in [6.07, 6.45) is -4.67. The molecule has 7 heteroatoms. The summed E-state index contributed by atoms with van der Waals surface area (Å²) in [5, 5.41) is 9.82. The summed E-state index contributed by atoms with van der Waals surface area (Å²) in [4.78, 5) is 9.82. The van der Waals surface area contributed by atoms with Crippen LogP contribution in [0.15, 0.2) is 18.2 Å². The first-order valence-electron chi connectivity index (χ1n) is 3.56. The molecule has 0 atom stereocenters. The van der Waals surface area contributed by atoms with Gasteiger partial charge < -0.3 is 14.6 Å². The highest BCUT2D eigenvalue weighted by molar-refractivity contribution is 5.71. The molecule has 1 aromatic rings. The van der Waals surface area contributed by atoms with Gasteiger partial charge >= 0.3 is 6.11 Å². The average molecular weight is 223 g/mol. The maximum Gasteiger partial charge on any atom is 0.441 e. The Hall–Kier alpha value is -1.79. The standard InChI is InChI=1S/C8H4F4O3/c9-4-1-2-6(5(10)3-4)15-8(11,12)7(13)14/h1-3H,(H,13,14)/p-1. The van der Waals surface area contributed by atoms with Crippen LogP contribution < -0.4 is 9.84 Å². The van der Waals surface area contributed by atoms with Gasteiger partial charge in [0.05, 0.1) is 0 Å². The van der Waals surface area contributed by atoms with Gasteiger partial charge in [0, 0.05) is 6.07 Å². The smallest absolute Gasteiger partial charge is 0.441 e. The van der Waals surface area contributed by atoms with E-state index in [-0.39, 0.29) is 6.07 Å². The summed E-state index contributed by atoms with van der Waals surface area (Å²) in [6.45, 7) is 0. The number of rotatable bonds is 3. The Morgan fingerprint density at radius 1 is 1.33 bits per heavy atom. The van der Waals surface area contributed by atoms with E-state index in [4.69, 9.17) is 0 Å². The molecule has 1 rings (SSSR count). The monoisotopic (exact) mass is 223 g/mol. The van der Waals surface area contributed by atoms with E-state index < -0.39 is 29.5 Å². The van der Waals surface area contributed by atoms with Gasteiger partial charge in [0.1, 0.15) is 5.82 Å². The van der Waals surface area contributed by atoms with Gasteiger partial charge in [-0.15, -0.1) is 0 Å². The SMILES string of the molecule is O=C([O-])C(F)(F)Oc1ccc(F)cc1F. The van der Waals surface area contributed by atoms with Crippen molar-refractivity contribution < 1.29 is 32.2 Å². The van der Waals surface area contributed by atoms with E-state index in [2.05, 4.69) is 4.74 Å². The third-order valence-electron chi connectivity index (χ3n) is 1.37. The van der Waals surface area contributed by atoms with Gasteiger partial charge in [0.15, 0.2) is 17.5 Å². The first kappa shape index (κ1) is 11.3. The molecular weight excluding hydrogens is 220 g/mol. The molecule has 0 bridgehead atoms. The van der Waals surface area contributed by atoms with Crippen molar-refractivity contribution >= 4 is 5.97 Å². The molecule has 15 heavy (non-hydrogen) atoms. The van der Waals surface area contributed by atoms with Crippen molar-refractivity contribution in [2.45, 2.75) is 6.11 Å². The summed E-state index contributed by atoms with van der Waals surface area (Å²) >= 11 is 0. The van der Waals surface area contributed by atoms with Crippen LogP contribution in [0.2, 0.25) is 0 Å². The van der Waals surface area contributed by atoms with Crippen molar-refractivity contribution in [3.05, 3.63) is 29.8 Å². The van der Waals surface area contributed by atoms with Crippen LogP contribution in [0.5, 0.6) is 5.75 Å². The predicted molar refractivity (Wildman–Crippen MR) is 36.9 cm³/mol. The maximum absolute atomic E-state index is 12.7. The van der Waals surface area contributed by atoms with Gasteiger partial charge in [-0.3, -0.25) is 0 Å². The lowest BCUT2D eigenvalue weighted by Gasteiger charge is -2.18. The highest BCUT2D eigenvalue weighted by Gasteiger charge is 2.34. The molecule has 0 saturated carbocycles. The molecule has 3 nitrogen and oxygen atoms in total. The van der Waals surface area contributed by atoms with Crippen LogP contribution >= 0.6 is 0 Å². The molecule has 0 aliphatic rings. The fraction of sp³-hybridized carbons (Fsp3) is 0.125. The topological polar surface area (TPSA) is 49.4 Å². The minimum absolute atomic E-state index is 0.278. The highest BCUT2D eigenvalue weighted by atomic mass is 19.3. The highest BCUT2D eigenvalue weighted by Crippen LogP contribution is 2.24. The summed E-state index contributed by atoms with van der Waals surface area (Å²) in [5.41, 5.74) is 0. The molecule has 0 N–H and O–H groups in total. The second-order valence-electron chi connectivity index (χ2n) is 2.48. The van der Waals surface area contributed by atoms with Crippen LogP contribution in [-0.4, -0.2) is 12.1 Å². The zero-order valence-corrected chi connectivity index (χ0v) is 6.97. The van der Waals surface area contributed by atoms with Gasteiger partial charge in [-0.05, 0) is 12.1 Å². The number of aliphatic carboxylic acids is 1. The molecule has 0 saturated heterocycles. The normalized spacial score (nSPS) is 11.2. The fourth-order valence-corrected chi connectivity index (χ4v) is 0.738. The number of halogens is 4. The molecule has 0 unspecified atom stereocenters. The number of carbonyl (C=O) groups excluding carboxylic acids is 1. The number of carboxylic acids is 1. The second kappa shape index (κ2) is 3.76. The Morgan fingerprint density at radius 2 is 1.93 bits per heavy atom. The van der Waals surface area contributed by atoms with E-state index in [9.17, 15) is 27.5 Å². The first-order valence-corrected chi connectivity index (χ1v) is 3.56. The number of alkyl halides is 2. The summed E-state index contributed by atoms with van der Waals surface area (Å²) in [6, 6.07) is 1.46. The van der Waals surface area contributed by atoms with E-state index in [1.165, 1.54) is 0 Å². The Balaban J connectivity index is 2.95. The Morgan fingerprint density at radius 3 is 2.40 bits per heavy atom. The predicted octanol–water partition coefficient (Wildman–Crippen LogP) is 0.686. The van der Waals surface area contributed by atoms with E-state index in [1.807, 2.05) is 0 Å². The fourth-order valence-electron chi connectivity index (χ4n) is 0.738. The van der Waals surface area contributed by atoms with Crippen LogP contribution in [0.1, 0.15) is 0 Å². The molecule has 0 fully saturated rings. The van der Waals surface area contributed by atoms with Crippen molar-refractivity contribution in [3.63, 3.8) is 0 Å². The summed E-state index contributed by atoms with van der Waals surface area (Å²) in [5.74, 6) is -6.33. The van der Waals surface area contributed by atoms with Gasteiger partial charge in [0.25, 0.3) is 0 Å². The lowest BCUT2D eigenvalue weighted by atomic mass is 10.3. The molecule has 1 aromatic carbocycles. The number of carboxylic acid groups (broad SMARTS) is 1. The minimum atomic E-state index is -4.67. The number of hydrogen-bond donors (Lipinski definition) is 0. The summed E-state index contributed by atoms with van der Waals surface area (Å²) < 4.78 is 53.3. The zero-order valence-electron chi connectivity index (χ0n) is 6.97. The molecule has 0 radical (unpaired) electrons. The number of ether oxygens (including phenoxy) is 1. The van der Waals surface area contributed by atoms with Gasteiger partial charge in [0.2, 0.25) is 0 Å². The average Bonchev–Trinajstić information content (AvgIpc) is 2.09. The molecule has 0 aromatic heterocycles. The van der Waals surface area contributed by atoms with Crippen molar-refractivity contribution in [1.29, 1.82) is 0 Å². The van der Waals surface area contributed by atoms with Gasteiger partial charge in [-0.2, -0.15) is 8.78 Å². The van der Waals surface area contributed by atoms with E-state index in [0.717, 1.165) is 0 Å². The molecule has 0 amide bonds. The number of benzene rings is 1. The molecule has 82 valence electrons. The molecular formula is C8H3F4O3-. The van der Waals surface area contributed by atoms with E-state index >= 15 is 0 Å². The zero-order chi connectivity index (χ0) is 11.6. The molecule has 0 aliphatic carbocycles. The largest absolute Gasteiger partial charge is 0.541 e. The van der Waals surface area contributed by atoms with Crippen LogP contribution in [0.25, 0.3) is 0 Å². The van der Waals surface area contributed by atoms with Crippen LogP contribution in [-0.2, 0) is 4.79 Å². The molecule has 0 heterocycles. The van der Waals surface area contributed by atoms with Crippen molar-refractivity contribution in [1.82, 2.24) is 0 Å². The first-order chi connectivity index (χ1) is 6.83. The third-order valence-corrected chi connectivity index (χ3v) is 1.37. The number of carbonyl (C=O) groups is 1. The Kier molecular flexibility index (Phi) is 2.83. The van der Waals surface area contributed by atoms with Crippen molar-refractivity contribution in [2.75, 3.05) is 0 Å². The van der Waals surface area contributed by atoms with Crippen LogP contribution in [0, 0.1) is 11.6 Å². The minimum Gasteiger partial charge on any atom is -0.541 e. The summed E-state index contributed by atoms with van der Waals surface area (Å²) in [7, 11) is 0. The Labute approximate surface area is 80.9 Å². The van der Waals surface area contributed by atoms with Gasteiger partial charge in [-0.1, -0.05) is 0 Å². The van der Waals surface area contributed by atoms with Crippen molar-refractivity contribution in [2.24, 2.45) is 0 Å². The molecule has 0 spiro atoms. The maximum atomic E-state index is 12.7. The van der Waals surface area contributed by atoms with E-state index in [0.29, 0.717) is 12.1 Å². The Bertz CT molecular complexity index is 391. The lowest BCUT2D eigenvalue weighted by molar-refractivity contribution is -0.350. The molecule has 0 aliphatic heterocycles. The second-order valence-corrected chi connectivity index (χ2v) is 2.48. The van der Waals surface area contributed by atoms with E-state index in [1.54, 1.807) is 0 Å². The van der Waals surface area contributed by atoms with Crippen LogP contribution in [0.4, 0.5) is 17.6 Å².